The van der Waals surface area contributed by atoms with Crippen molar-refractivity contribution in [2.24, 2.45) is 0 Å². The second kappa shape index (κ2) is 8.43. The van der Waals surface area contributed by atoms with E-state index in [0.29, 0.717) is 5.39 Å². The Balaban J connectivity index is 1.53. The Kier molecular flexibility index (Phi) is 5.85. The van der Waals surface area contributed by atoms with Gasteiger partial charge in [0.15, 0.2) is 0 Å². The number of thiazole rings is 1. The van der Waals surface area contributed by atoms with Gasteiger partial charge in [0.05, 0.1) is 27.5 Å². The van der Waals surface area contributed by atoms with Crippen LogP contribution in [0.1, 0.15) is 23.8 Å². The summed E-state index contributed by atoms with van der Waals surface area (Å²) in [6.45, 7) is 1.88. The molecule has 0 radical (unpaired) electrons. The minimum absolute atomic E-state index is 0.0515. The minimum Gasteiger partial charge on any atom is -0.336 e. The summed E-state index contributed by atoms with van der Waals surface area (Å²) < 4.78 is 40.6. The fraction of sp³-hybridized carbons (Fsp3) is 0.238. The fourth-order valence-electron chi connectivity index (χ4n) is 2.97. The molecule has 160 valence electrons. The molecular weight excluding hydrogens is 445 g/mol. The highest BCUT2D eigenvalue weighted by Crippen LogP contribution is 2.33. The van der Waals surface area contributed by atoms with Crippen molar-refractivity contribution < 1.29 is 18.0 Å². The van der Waals surface area contributed by atoms with Crippen molar-refractivity contribution in [3.8, 4) is 0 Å². The zero-order chi connectivity index (χ0) is 22.2. The molecule has 0 aliphatic heterocycles. The lowest BCUT2D eigenvalue weighted by atomic mass is 10.2. The Morgan fingerprint density at radius 3 is 2.45 bits per heavy atom. The molecule has 0 spiro atoms. The van der Waals surface area contributed by atoms with Crippen LogP contribution in [0.25, 0.3) is 21.1 Å². The number of benzene rings is 2. The predicted octanol–water partition coefficient (Wildman–Crippen LogP) is 5.57. The van der Waals surface area contributed by atoms with E-state index in [0.717, 1.165) is 27.0 Å². The number of carbonyl (C=O) groups is 1. The molecule has 0 saturated carbocycles. The van der Waals surface area contributed by atoms with Gasteiger partial charge in [0.25, 0.3) is 0 Å². The fourth-order valence-corrected chi connectivity index (χ4v) is 4.97. The van der Waals surface area contributed by atoms with E-state index >= 15 is 0 Å². The molecule has 2 heterocycles. The Labute approximate surface area is 184 Å². The smallest absolute Gasteiger partial charge is 0.336 e. The molecular formula is C21H17F3N4OS2. The normalized spacial score (nSPS) is 12.9. The van der Waals surface area contributed by atoms with Crippen LogP contribution in [-0.4, -0.2) is 38.6 Å². The van der Waals surface area contributed by atoms with Gasteiger partial charge in [-0.05, 0) is 25.1 Å². The van der Waals surface area contributed by atoms with Crippen LogP contribution in [0.5, 0.6) is 0 Å². The first-order chi connectivity index (χ1) is 14.7. The molecule has 2 aromatic heterocycles. The van der Waals surface area contributed by atoms with Crippen molar-refractivity contribution in [2.75, 3.05) is 12.8 Å². The number of fused-ring (bicyclic) bond motifs is 2. The highest BCUT2D eigenvalue weighted by molar-refractivity contribution is 8.00. The second-order valence-corrected chi connectivity index (χ2v) is 8.88. The largest absolute Gasteiger partial charge is 0.451 e. The monoisotopic (exact) mass is 462 g/mol. The van der Waals surface area contributed by atoms with Gasteiger partial charge in [-0.1, -0.05) is 42.1 Å². The predicted molar refractivity (Wildman–Crippen MR) is 116 cm³/mol. The van der Waals surface area contributed by atoms with Crippen molar-refractivity contribution in [3.05, 3.63) is 59.4 Å². The maximum Gasteiger partial charge on any atom is 0.451 e. The van der Waals surface area contributed by atoms with Gasteiger partial charge in [-0.3, -0.25) is 4.79 Å². The summed E-state index contributed by atoms with van der Waals surface area (Å²) >= 11 is 2.49. The number of amides is 1. The van der Waals surface area contributed by atoms with Gasteiger partial charge in [0.1, 0.15) is 10.0 Å². The Hall–Kier alpha value is -2.72. The minimum atomic E-state index is -4.67. The Morgan fingerprint density at radius 2 is 1.74 bits per heavy atom. The molecule has 0 fully saturated rings. The van der Waals surface area contributed by atoms with Gasteiger partial charge in [0.2, 0.25) is 11.7 Å². The lowest BCUT2D eigenvalue weighted by Crippen LogP contribution is -2.31. The third-order valence-corrected chi connectivity index (χ3v) is 6.98. The van der Waals surface area contributed by atoms with E-state index in [2.05, 4.69) is 15.0 Å². The van der Waals surface area contributed by atoms with Crippen molar-refractivity contribution >= 4 is 50.1 Å². The second-order valence-electron chi connectivity index (χ2n) is 6.86. The molecule has 31 heavy (non-hydrogen) atoms. The van der Waals surface area contributed by atoms with E-state index in [4.69, 9.17) is 0 Å². The molecule has 5 nitrogen and oxygen atoms in total. The number of halogens is 3. The van der Waals surface area contributed by atoms with Crippen molar-refractivity contribution in [3.63, 3.8) is 0 Å². The summed E-state index contributed by atoms with van der Waals surface area (Å²) in [5, 5.41) is 1.41. The summed E-state index contributed by atoms with van der Waals surface area (Å²) in [4.78, 5) is 26.2. The summed E-state index contributed by atoms with van der Waals surface area (Å²) in [5.41, 5.74) is 1.06. The highest BCUT2D eigenvalue weighted by atomic mass is 32.2. The van der Waals surface area contributed by atoms with Gasteiger partial charge in [-0.25, -0.2) is 15.0 Å². The van der Waals surface area contributed by atoms with E-state index in [1.165, 1.54) is 17.4 Å². The van der Waals surface area contributed by atoms with Crippen molar-refractivity contribution in [2.45, 2.75) is 24.2 Å². The maximum absolute atomic E-state index is 13.2. The Bertz CT molecular complexity index is 1230. The van der Waals surface area contributed by atoms with Gasteiger partial charge in [0, 0.05) is 12.4 Å². The number of hydrogen-bond acceptors (Lipinski definition) is 6. The quantitative estimate of drug-likeness (QED) is 0.287. The third-order valence-electron chi connectivity index (χ3n) is 4.80. The first-order valence-electron chi connectivity index (χ1n) is 9.32. The lowest BCUT2D eigenvalue weighted by Gasteiger charge is -2.23. The SMILES string of the molecule is C[C@@H](c1nc2ccccc2s1)N(C)C(=O)CSc1nc(C(F)(F)F)nc2ccccc12. The van der Waals surface area contributed by atoms with Gasteiger partial charge >= 0.3 is 6.18 Å². The lowest BCUT2D eigenvalue weighted by molar-refractivity contribution is -0.145. The van der Waals surface area contributed by atoms with Crippen LogP contribution in [0, 0.1) is 0 Å². The topological polar surface area (TPSA) is 59.0 Å². The van der Waals surface area contributed by atoms with Crippen LogP contribution in [0.4, 0.5) is 13.2 Å². The number of aromatic nitrogens is 3. The van der Waals surface area contributed by atoms with Crippen molar-refractivity contribution in [1.29, 1.82) is 0 Å². The van der Waals surface area contributed by atoms with Gasteiger partial charge in [-0.15, -0.1) is 11.3 Å². The van der Waals surface area contributed by atoms with E-state index in [1.807, 2.05) is 31.2 Å². The van der Waals surface area contributed by atoms with Crippen LogP contribution in [-0.2, 0) is 11.0 Å². The Morgan fingerprint density at radius 1 is 1.06 bits per heavy atom. The molecule has 4 aromatic rings. The van der Waals surface area contributed by atoms with Crippen LogP contribution in [0.15, 0.2) is 53.6 Å². The molecule has 0 aliphatic carbocycles. The molecule has 1 amide bonds. The van der Waals surface area contributed by atoms with Gasteiger partial charge in [-0.2, -0.15) is 13.2 Å². The van der Waals surface area contributed by atoms with Crippen LogP contribution in [0.2, 0.25) is 0 Å². The van der Waals surface area contributed by atoms with Gasteiger partial charge < -0.3 is 4.90 Å². The van der Waals surface area contributed by atoms with Crippen molar-refractivity contribution in [1.82, 2.24) is 19.9 Å². The summed E-state index contributed by atoms with van der Waals surface area (Å²) in [7, 11) is 1.67. The number of thioether (sulfide) groups is 1. The zero-order valence-electron chi connectivity index (χ0n) is 16.6. The zero-order valence-corrected chi connectivity index (χ0v) is 18.2. The van der Waals surface area contributed by atoms with E-state index < -0.39 is 12.0 Å². The number of rotatable bonds is 5. The average molecular weight is 463 g/mol. The molecule has 0 bridgehead atoms. The number of nitrogens with zero attached hydrogens (tertiary/aromatic N) is 4. The highest BCUT2D eigenvalue weighted by Gasteiger charge is 2.35. The molecule has 2 aromatic carbocycles. The third kappa shape index (κ3) is 4.49. The first-order valence-corrected chi connectivity index (χ1v) is 11.1. The molecule has 0 aliphatic rings. The first kappa shape index (κ1) is 21.5. The van der Waals surface area contributed by atoms with E-state index in [-0.39, 0.29) is 28.2 Å². The number of alkyl halides is 3. The van der Waals surface area contributed by atoms with Crippen LogP contribution >= 0.6 is 23.1 Å². The molecule has 10 heteroatoms. The number of carbonyl (C=O) groups excluding carboxylic acids is 1. The average Bonchev–Trinajstić information content (AvgIpc) is 3.19. The summed E-state index contributed by atoms with van der Waals surface area (Å²) in [6, 6.07) is 13.9. The van der Waals surface area contributed by atoms with Crippen LogP contribution < -0.4 is 0 Å². The van der Waals surface area contributed by atoms with Crippen LogP contribution in [0.3, 0.4) is 0 Å². The molecule has 0 saturated heterocycles. The number of hydrogen-bond donors (Lipinski definition) is 0. The standard InChI is InChI=1S/C21H17F3N4OS2/c1-12(18-25-15-9-5-6-10-16(15)31-18)28(2)17(29)11-30-19-13-7-3-4-8-14(13)26-20(27-19)21(22,23)24/h3-10,12H,11H2,1-2H3/t12-/m0/s1. The molecule has 0 unspecified atom stereocenters. The molecule has 0 N–H and O–H groups in total. The molecule has 1 atom stereocenters. The maximum atomic E-state index is 13.2. The van der Waals surface area contributed by atoms with E-state index in [1.54, 1.807) is 30.1 Å². The number of para-hydroxylation sites is 2. The summed E-state index contributed by atoms with van der Waals surface area (Å²) in [6.07, 6.45) is -4.67. The molecule has 4 rings (SSSR count). The van der Waals surface area contributed by atoms with E-state index in [9.17, 15) is 18.0 Å². The summed E-state index contributed by atoms with van der Waals surface area (Å²) in [5.74, 6) is -1.49.